The SMILES string of the molecule is N[C@@H](CCCO)c1ccccc1Cl. The minimum absolute atomic E-state index is 0.0687. The van der Waals surface area contributed by atoms with E-state index >= 15 is 0 Å². The van der Waals surface area contributed by atoms with Crippen LogP contribution in [0.5, 0.6) is 0 Å². The fraction of sp³-hybridized carbons (Fsp3) is 0.400. The van der Waals surface area contributed by atoms with Crippen molar-refractivity contribution in [3.8, 4) is 0 Å². The van der Waals surface area contributed by atoms with Crippen LogP contribution in [0.15, 0.2) is 24.3 Å². The Hall–Kier alpha value is -0.570. The van der Waals surface area contributed by atoms with Gasteiger partial charge >= 0.3 is 0 Å². The highest BCUT2D eigenvalue weighted by atomic mass is 35.5. The molecular formula is C10H14ClNO. The second kappa shape index (κ2) is 5.22. The van der Waals surface area contributed by atoms with E-state index in [1.807, 2.05) is 24.3 Å². The maximum absolute atomic E-state index is 8.64. The van der Waals surface area contributed by atoms with Gasteiger partial charge in [-0.3, -0.25) is 0 Å². The van der Waals surface area contributed by atoms with Crippen LogP contribution in [0.3, 0.4) is 0 Å². The second-order valence-electron chi connectivity index (χ2n) is 2.99. The topological polar surface area (TPSA) is 46.2 Å². The van der Waals surface area contributed by atoms with Gasteiger partial charge in [0.15, 0.2) is 0 Å². The number of benzene rings is 1. The molecule has 0 heterocycles. The standard InChI is InChI=1S/C10H14ClNO/c11-9-5-2-1-4-8(9)10(12)6-3-7-13/h1-2,4-5,10,13H,3,6-7,12H2/t10-/m0/s1. The molecule has 0 aliphatic rings. The molecule has 2 nitrogen and oxygen atoms in total. The summed E-state index contributed by atoms with van der Waals surface area (Å²) in [6.45, 7) is 0.179. The highest BCUT2D eigenvalue weighted by Crippen LogP contribution is 2.23. The van der Waals surface area contributed by atoms with Gasteiger partial charge in [-0.2, -0.15) is 0 Å². The van der Waals surface area contributed by atoms with Crippen molar-refractivity contribution < 1.29 is 5.11 Å². The molecule has 0 spiro atoms. The molecule has 1 aromatic carbocycles. The molecule has 1 rings (SSSR count). The van der Waals surface area contributed by atoms with Gasteiger partial charge in [0, 0.05) is 17.7 Å². The van der Waals surface area contributed by atoms with E-state index in [0.29, 0.717) is 11.4 Å². The molecule has 0 amide bonds. The van der Waals surface area contributed by atoms with Crippen molar-refractivity contribution >= 4 is 11.6 Å². The van der Waals surface area contributed by atoms with Crippen LogP contribution in [0.2, 0.25) is 5.02 Å². The lowest BCUT2D eigenvalue weighted by Gasteiger charge is -2.12. The quantitative estimate of drug-likeness (QED) is 0.781. The van der Waals surface area contributed by atoms with Crippen LogP contribution in [0.25, 0.3) is 0 Å². The molecule has 72 valence electrons. The Kier molecular flexibility index (Phi) is 4.22. The van der Waals surface area contributed by atoms with Crippen molar-refractivity contribution in [2.45, 2.75) is 18.9 Å². The normalized spacial score (nSPS) is 12.8. The van der Waals surface area contributed by atoms with Crippen LogP contribution in [-0.2, 0) is 0 Å². The Balaban J connectivity index is 2.65. The predicted octanol–water partition coefficient (Wildman–Crippen LogP) is 2.11. The first-order valence-electron chi connectivity index (χ1n) is 4.36. The van der Waals surface area contributed by atoms with E-state index < -0.39 is 0 Å². The van der Waals surface area contributed by atoms with Gasteiger partial charge in [-0.05, 0) is 24.5 Å². The van der Waals surface area contributed by atoms with E-state index in [1.54, 1.807) is 0 Å². The average Bonchev–Trinajstić information content (AvgIpc) is 2.15. The largest absolute Gasteiger partial charge is 0.396 e. The van der Waals surface area contributed by atoms with E-state index in [2.05, 4.69) is 0 Å². The highest BCUT2D eigenvalue weighted by molar-refractivity contribution is 6.31. The number of aliphatic hydroxyl groups is 1. The van der Waals surface area contributed by atoms with Gasteiger partial charge < -0.3 is 10.8 Å². The van der Waals surface area contributed by atoms with E-state index in [-0.39, 0.29) is 12.6 Å². The maximum atomic E-state index is 8.64. The van der Waals surface area contributed by atoms with Crippen LogP contribution in [0.4, 0.5) is 0 Å². The first kappa shape index (κ1) is 10.5. The summed E-state index contributed by atoms with van der Waals surface area (Å²) in [5, 5.41) is 9.34. The molecule has 0 aromatic heterocycles. The molecule has 1 atom stereocenters. The molecule has 13 heavy (non-hydrogen) atoms. The van der Waals surface area contributed by atoms with Crippen LogP contribution < -0.4 is 5.73 Å². The van der Waals surface area contributed by atoms with Crippen molar-refractivity contribution in [2.75, 3.05) is 6.61 Å². The molecule has 0 saturated carbocycles. The number of nitrogens with two attached hydrogens (primary N) is 1. The number of halogens is 1. The molecule has 0 aliphatic heterocycles. The molecule has 0 unspecified atom stereocenters. The highest BCUT2D eigenvalue weighted by Gasteiger charge is 2.08. The van der Waals surface area contributed by atoms with E-state index in [9.17, 15) is 0 Å². The molecular weight excluding hydrogens is 186 g/mol. The summed E-state index contributed by atoms with van der Waals surface area (Å²) >= 11 is 5.96. The molecule has 0 fully saturated rings. The summed E-state index contributed by atoms with van der Waals surface area (Å²) in [4.78, 5) is 0. The minimum atomic E-state index is -0.0687. The molecule has 3 heteroatoms. The van der Waals surface area contributed by atoms with Crippen LogP contribution in [-0.4, -0.2) is 11.7 Å². The third kappa shape index (κ3) is 2.99. The Labute approximate surface area is 83.3 Å². The van der Waals surface area contributed by atoms with Crippen molar-refractivity contribution in [3.63, 3.8) is 0 Å². The van der Waals surface area contributed by atoms with E-state index in [1.165, 1.54) is 0 Å². The van der Waals surface area contributed by atoms with Gasteiger partial charge in [0.1, 0.15) is 0 Å². The summed E-state index contributed by atoms with van der Waals surface area (Å²) < 4.78 is 0. The third-order valence-electron chi connectivity index (χ3n) is 1.98. The molecule has 3 N–H and O–H groups in total. The lowest BCUT2D eigenvalue weighted by atomic mass is 10.0. The smallest absolute Gasteiger partial charge is 0.0453 e. The predicted molar refractivity (Wildman–Crippen MR) is 54.7 cm³/mol. The average molecular weight is 200 g/mol. The zero-order valence-electron chi connectivity index (χ0n) is 7.41. The van der Waals surface area contributed by atoms with Crippen molar-refractivity contribution in [3.05, 3.63) is 34.9 Å². The minimum Gasteiger partial charge on any atom is -0.396 e. The zero-order valence-corrected chi connectivity index (χ0v) is 8.17. The molecule has 0 aliphatic carbocycles. The zero-order chi connectivity index (χ0) is 9.68. The van der Waals surface area contributed by atoms with Gasteiger partial charge in [-0.15, -0.1) is 0 Å². The van der Waals surface area contributed by atoms with Gasteiger partial charge in [-0.25, -0.2) is 0 Å². The van der Waals surface area contributed by atoms with Gasteiger partial charge in [0.2, 0.25) is 0 Å². The van der Waals surface area contributed by atoms with Gasteiger partial charge in [0.25, 0.3) is 0 Å². The number of hydrogen-bond acceptors (Lipinski definition) is 2. The monoisotopic (exact) mass is 199 g/mol. The van der Waals surface area contributed by atoms with Crippen LogP contribution in [0.1, 0.15) is 24.4 Å². The fourth-order valence-corrected chi connectivity index (χ4v) is 1.52. The Morgan fingerprint density at radius 1 is 1.38 bits per heavy atom. The molecule has 0 bridgehead atoms. The fourth-order valence-electron chi connectivity index (χ4n) is 1.24. The lowest BCUT2D eigenvalue weighted by molar-refractivity contribution is 0.280. The third-order valence-corrected chi connectivity index (χ3v) is 2.32. The molecule has 0 saturated heterocycles. The first-order valence-corrected chi connectivity index (χ1v) is 4.74. The van der Waals surface area contributed by atoms with Crippen LogP contribution >= 0.6 is 11.6 Å². The van der Waals surface area contributed by atoms with E-state index in [4.69, 9.17) is 22.4 Å². The van der Waals surface area contributed by atoms with Gasteiger partial charge in [0.05, 0.1) is 0 Å². The number of aliphatic hydroxyl groups excluding tert-OH is 1. The van der Waals surface area contributed by atoms with Crippen molar-refractivity contribution in [1.82, 2.24) is 0 Å². The first-order chi connectivity index (χ1) is 6.25. The maximum Gasteiger partial charge on any atom is 0.0453 e. The lowest BCUT2D eigenvalue weighted by Crippen LogP contribution is -2.11. The summed E-state index contributed by atoms with van der Waals surface area (Å²) in [5.74, 6) is 0. The molecule has 1 aromatic rings. The Morgan fingerprint density at radius 3 is 2.69 bits per heavy atom. The second-order valence-corrected chi connectivity index (χ2v) is 3.40. The molecule has 0 radical (unpaired) electrons. The summed E-state index contributed by atoms with van der Waals surface area (Å²) in [6, 6.07) is 7.48. The van der Waals surface area contributed by atoms with E-state index in [0.717, 1.165) is 12.0 Å². The van der Waals surface area contributed by atoms with Crippen molar-refractivity contribution in [1.29, 1.82) is 0 Å². The summed E-state index contributed by atoms with van der Waals surface area (Å²) in [7, 11) is 0. The summed E-state index contributed by atoms with van der Waals surface area (Å²) in [6.07, 6.45) is 1.48. The Bertz CT molecular complexity index is 265. The van der Waals surface area contributed by atoms with Crippen molar-refractivity contribution in [2.24, 2.45) is 5.73 Å². The van der Waals surface area contributed by atoms with Crippen LogP contribution in [0, 0.1) is 0 Å². The summed E-state index contributed by atoms with van der Waals surface area (Å²) in [5.41, 5.74) is 6.84. The number of hydrogen-bond donors (Lipinski definition) is 2. The number of rotatable bonds is 4. The Morgan fingerprint density at radius 2 is 2.08 bits per heavy atom. The van der Waals surface area contributed by atoms with Gasteiger partial charge in [-0.1, -0.05) is 29.8 Å².